The molecule has 0 aromatic heterocycles. The molecule has 0 N–H and O–H groups in total. The highest BCUT2D eigenvalue weighted by atomic mass is 14.3. The van der Waals surface area contributed by atoms with Crippen LogP contribution in [0.4, 0.5) is 0 Å². The van der Waals surface area contributed by atoms with Gasteiger partial charge >= 0.3 is 0 Å². The first-order chi connectivity index (χ1) is 55.8. The molecule has 16 rings (SSSR count). The van der Waals surface area contributed by atoms with Crippen molar-refractivity contribution in [3.8, 4) is 111 Å². The second-order valence-electron chi connectivity index (χ2n) is 38.6. The van der Waals surface area contributed by atoms with Gasteiger partial charge in [0, 0.05) is 0 Å². The molecule has 0 aliphatic carbocycles. The van der Waals surface area contributed by atoms with Crippen LogP contribution in [-0.2, 0) is 21.7 Å². The van der Waals surface area contributed by atoms with Gasteiger partial charge in [0.15, 0.2) is 0 Å². The smallest absolute Gasteiger partial charge is 0.00963 e. The molecular formula is C118H120. The van der Waals surface area contributed by atoms with Crippen molar-refractivity contribution >= 4 is 32.3 Å². The first-order valence-corrected chi connectivity index (χ1v) is 42.5. The van der Waals surface area contributed by atoms with Gasteiger partial charge in [-0.3, -0.25) is 0 Å². The van der Waals surface area contributed by atoms with E-state index >= 15 is 0 Å². The lowest BCUT2D eigenvalue weighted by molar-refractivity contribution is 0.590. The lowest BCUT2D eigenvalue weighted by atomic mass is 9.84. The Hall–Kier alpha value is -11.7. The average molecular weight is 1540 g/mol. The molecular weight excluding hydrogens is 1420 g/mol. The minimum atomic E-state index is 0.0877. The number of hydrogen-bond acceptors (Lipinski definition) is 0. The van der Waals surface area contributed by atoms with Gasteiger partial charge in [0.1, 0.15) is 0 Å². The minimum Gasteiger partial charge on any atom is -0.0587 e. The van der Waals surface area contributed by atoms with E-state index in [0.29, 0.717) is 0 Å². The summed E-state index contributed by atoms with van der Waals surface area (Å²) >= 11 is 0. The van der Waals surface area contributed by atoms with E-state index in [-0.39, 0.29) is 21.7 Å². The largest absolute Gasteiger partial charge is 0.0587 e. The first-order valence-electron chi connectivity index (χ1n) is 42.5. The molecule has 592 valence electrons. The van der Waals surface area contributed by atoms with E-state index in [1.54, 1.807) is 0 Å². The summed E-state index contributed by atoms with van der Waals surface area (Å²) in [5, 5.41) is 7.87. The van der Waals surface area contributed by atoms with Gasteiger partial charge in [-0.2, -0.15) is 0 Å². The third-order valence-electron chi connectivity index (χ3n) is 23.7. The molecule has 0 atom stereocenters. The molecule has 0 amide bonds. The Morgan fingerprint density at radius 3 is 0.458 bits per heavy atom. The van der Waals surface area contributed by atoms with Crippen molar-refractivity contribution in [3.05, 3.63) is 380 Å². The summed E-state index contributed by atoms with van der Waals surface area (Å²) in [6.07, 6.45) is 0. The number of rotatable bonds is 10. The van der Waals surface area contributed by atoms with Crippen molar-refractivity contribution < 1.29 is 0 Å². The number of hydrogen-bond donors (Lipinski definition) is 0. The van der Waals surface area contributed by atoms with Gasteiger partial charge in [-0.15, -0.1) is 0 Å². The topological polar surface area (TPSA) is 0 Å². The molecule has 0 bridgehead atoms. The molecule has 0 unspecified atom stereocenters. The van der Waals surface area contributed by atoms with Crippen LogP contribution in [0.1, 0.15) is 172 Å². The zero-order valence-corrected chi connectivity index (χ0v) is 74.7. The fourth-order valence-corrected chi connectivity index (χ4v) is 17.3. The van der Waals surface area contributed by atoms with Crippen LogP contribution < -0.4 is 0 Å². The van der Waals surface area contributed by atoms with E-state index in [2.05, 4.69) is 457 Å². The standard InChI is InChI=1S/C64H68.C28H28.C26H24/c1-41-31-57(51-37-47(43-15-23-53(24-16-43)61(3,4)5)35-48(38-51)44-17-25-54(26-18-44)62(6,7)8)60-34-42(2)32-58(59(60)33-41)52-39-49(45-19-27-55(28-20-45)63(9,10)11)36-50(40-52)46-21-29-56(30-22-46)64(12,13)14;1-17-7-18(2)10-23(9-17)25-13-21(5)16-28-26(14-22(6)15-27(25)28)24-11-19(3)8-20(4)12-24;1-17-5-9-21(10-6-17)23-13-19(3)16-26-24(14-20(4)15-25(23)26)22-11-7-18(2)8-12-22/h15-40H,1-14H3;7-16H,1-6H3;5-16H,1-4H3. The van der Waals surface area contributed by atoms with E-state index in [1.807, 2.05) is 0 Å². The predicted molar refractivity (Wildman–Crippen MR) is 518 cm³/mol. The highest BCUT2D eigenvalue weighted by Gasteiger charge is 2.23. The summed E-state index contributed by atoms with van der Waals surface area (Å²) < 4.78 is 0. The zero-order valence-electron chi connectivity index (χ0n) is 74.7. The van der Waals surface area contributed by atoms with Crippen molar-refractivity contribution in [3.63, 3.8) is 0 Å². The first kappa shape index (κ1) is 82.8. The predicted octanol–water partition coefficient (Wildman–Crippen LogP) is 34.1. The molecule has 16 aromatic carbocycles. The Bertz CT molecular complexity index is 5830. The van der Waals surface area contributed by atoms with E-state index < -0.39 is 0 Å². The summed E-state index contributed by atoms with van der Waals surface area (Å²) in [7, 11) is 0. The average Bonchev–Trinajstić information content (AvgIpc) is 0.771. The molecule has 0 radical (unpaired) electrons. The van der Waals surface area contributed by atoms with Crippen molar-refractivity contribution in [2.24, 2.45) is 0 Å². The summed E-state index contributed by atoms with van der Waals surface area (Å²) in [5.41, 5.74) is 46.5. The lowest BCUT2D eigenvalue weighted by Gasteiger charge is -2.21. The van der Waals surface area contributed by atoms with E-state index in [4.69, 9.17) is 0 Å². The molecule has 118 heavy (non-hydrogen) atoms. The fraction of sp³-hybridized carbons (Fsp3) is 0.237. The second-order valence-corrected chi connectivity index (χ2v) is 38.6. The number of benzene rings is 16. The van der Waals surface area contributed by atoms with Crippen LogP contribution in [0.25, 0.3) is 144 Å². The number of aryl methyl sites for hydroxylation is 12. The van der Waals surface area contributed by atoms with Crippen LogP contribution in [0, 0.1) is 83.1 Å². The van der Waals surface area contributed by atoms with Crippen LogP contribution in [0.5, 0.6) is 0 Å². The van der Waals surface area contributed by atoms with Crippen LogP contribution >= 0.6 is 0 Å². The van der Waals surface area contributed by atoms with Crippen LogP contribution in [0.3, 0.4) is 0 Å². The van der Waals surface area contributed by atoms with Crippen molar-refractivity contribution in [2.75, 3.05) is 0 Å². The van der Waals surface area contributed by atoms with Crippen LogP contribution in [-0.4, -0.2) is 0 Å². The van der Waals surface area contributed by atoms with Gasteiger partial charge in [0.05, 0.1) is 0 Å². The Morgan fingerprint density at radius 2 is 0.271 bits per heavy atom. The molecule has 16 aromatic rings. The fourth-order valence-electron chi connectivity index (χ4n) is 17.3. The van der Waals surface area contributed by atoms with Crippen molar-refractivity contribution in [1.29, 1.82) is 0 Å². The highest BCUT2D eigenvalue weighted by Crippen LogP contribution is 2.46. The van der Waals surface area contributed by atoms with Gasteiger partial charge in [-0.25, -0.2) is 0 Å². The zero-order chi connectivity index (χ0) is 84.2. The quantitative estimate of drug-likeness (QED) is 0.128. The second kappa shape index (κ2) is 33.0. The van der Waals surface area contributed by atoms with E-state index in [9.17, 15) is 0 Å². The molecule has 0 nitrogen and oxygen atoms in total. The van der Waals surface area contributed by atoms with Gasteiger partial charge in [-0.05, 0) is 340 Å². The maximum Gasteiger partial charge on any atom is -0.00963 e. The van der Waals surface area contributed by atoms with Crippen molar-refractivity contribution in [2.45, 2.75) is 188 Å². The monoisotopic (exact) mass is 1540 g/mol. The molecule has 0 spiro atoms. The van der Waals surface area contributed by atoms with Crippen LogP contribution in [0.2, 0.25) is 0 Å². The maximum absolute atomic E-state index is 2.41. The Kier molecular flexibility index (Phi) is 23.2. The third kappa shape index (κ3) is 18.6. The Morgan fingerprint density at radius 1 is 0.119 bits per heavy atom. The normalized spacial score (nSPS) is 11.9. The Labute approximate surface area is 706 Å². The van der Waals surface area contributed by atoms with Crippen LogP contribution in [0.15, 0.2) is 291 Å². The molecule has 0 heteroatoms. The summed E-state index contributed by atoms with van der Waals surface area (Å²) in [5.74, 6) is 0. The third-order valence-corrected chi connectivity index (χ3v) is 23.7. The van der Waals surface area contributed by atoms with Crippen molar-refractivity contribution in [1.82, 2.24) is 0 Å². The summed E-state index contributed by atoms with van der Waals surface area (Å²) in [6.45, 7) is 53.7. The van der Waals surface area contributed by atoms with E-state index in [1.165, 1.54) is 233 Å². The SMILES string of the molecule is Cc1cc(-c2cc(-c3ccc(C(C)(C)C)cc3)cc(-c3ccc(C(C)(C)C)cc3)c2)c2cc(C)cc(-c3cc(-c4ccc(C(C)(C)C)cc4)cc(-c4ccc(C(C)(C)C)cc4)c3)c2c1.Cc1cc(C)cc(-c2cc(C)cc3c(-c4cc(C)cc(C)c4)cc(C)cc23)c1.Cc1ccc(-c2cc(C)cc3c(-c4ccc(C)cc4)cc(C)cc23)cc1. The summed E-state index contributed by atoms with van der Waals surface area (Å²) in [6, 6.07) is 111. The molecule has 0 heterocycles. The molecule has 0 aliphatic heterocycles. The lowest BCUT2D eigenvalue weighted by Crippen LogP contribution is -2.10. The van der Waals surface area contributed by atoms with Gasteiger partial charge in [-0.1, -0.05) is 371 Å². The molecule has 0 aliphatic rings. The Balaban J connectivity index is 0.000000172. The minimum absolute atomic E-state index is 0.0877. The molecule has 0 fully saturated rings. The maximum atomic E-state index is 2.41. The number of fused-ring (bicyclic) bond motifs is 3. The van der Waals surface area contributed by atoms with Gasteiger partial charge in [0.25, 0.3) is 0 Å². The highest BCUT2D eigenvalue weighted by molar-refractivity contribution is 6.09. The van der Waals surface area contributed by atoms with Gasteiger partial charge < -0.3 is 0 Å². The molecule has 0 saturated heterocycles. The van der Waals surface area contributed by atoms with E-state index in [0.717, 1.165) is 0 Å². The summed E-state index contributed by atoms with van der Waals surface area (Å²) in [4.78, 5) is 0. The van der Waals surface area contributed by atoms with Gasteiger partial charge in [0.2, 0.25) is 0 Å². The molecule has 0 saturated carbocycles.